The summed E-state index contributed by atoms with van der Waals surface area (Å²) in [5.74, 6) is -0.187. The van der Waals surface area contributed by atoms with Gasteiger partial charge < -0.3 is 10.2 Å². The highest BCUT2D eigenvalue weighted by Gasteiger charge is 2.37. The molecule has 0 spiro atoms. The van der Waals surface area contributed by atoms with E-state index in [0.29, 0.717) is 31.5 Å². The van der Waals surface area contributed by atoms with Gasteiger partial charge in [0.25, 0.3) is 5.91 Å². The third kappa shape index (κ3) is 3.50. The summed E-state index contributed by atoms with van der Waals surface area (Å²) >= 11 is 0. The van der Waals surface area contributed by atoms with Crippen molar-refractivity contribution in [2.24, 2.45) is 0 Å². The van der Waals surface area contributed by atoms with Crippen molar-refractivity contribution in [1.82, 2.24) is 15.1 Å². The molecule has 4 amide bonds. The number of hydrogen-bond acceptors (Lipinski definition) is 3. The average Bonchev–Trinajstić information content (AvgIpc) is 3.06. The first kappa shape index (κ1) is 18.2. The van der Waals surface area contributed by atoms with Crippen molar-refractivity contribution in [3.8, 4) is 11.1 Å². The molecule has 0 aromatic heterocycles. The third-order valence-electron chi connectivity index (χ3n) is 5.51. The van der Waals surface area contributed by atoms with E-state index >= 15 is 0 Å². The number of piperidine rings is 1. The van der Waals surface area contributed by atoms with Crippen LogP contribution >= 0.6 is 0 Å². The van der Waals surface area contributed by atoms with Crippen LogP contribution in [0.3, 0.4) is 0 Å². The van der Waals surface area contributed by atoms with Crippen molar-refractivity contribution in [2.45, 2.75) is 25.8 Å². The second kappa shape index (κ2) is 7.46. The highest BCUT2D eigenvalue weighted by atomic mass is 16.2. The number of urea groups is 1. The van der Waals surface area contributed by atoms with E-state index in [1.807, 2.05) is 24.3 Å². The molecule has 0 radical (unpaired) electrons. The van der Waals surface area contributed by atoms with Crippen LogP contribution in [-0.4, -0.2) is 53.3 Å². The second-order valence-electron chi connectivity index (χ2n) is 7.39. The van der Waals surface area contributed by atoms with Gasteiger partial charge in [-0.15, -0.1) is 0 Å². The van der Waals surface area contributed by atoms with Crippen molar-refractivity contribution in [3.63, 3.8) is 0 Å². The fourth-order valence-corrected chi connectivity index (χ4v) is 3.87. The standard InChI is InChI=1S/C22H23N3O3/c1-15-2-4-16(5-3-15)17-6-8-18(9-7-17)21(27)24-12-10-19(11-13-24)25-20(26)14-23-22(25)28/h2-9,19H,10-14H2,1H3,(H,23,28). The Kier molecular flexibility index (Phi) is 4.86. The Morgan fingerprint density at radius 3 is 2.04 bits per heavy atom. The lowest BCUT2D eigenvalue weighted by Crippen LogP contribution is -2.49. The molecule has 4 rings (SSSR count). The summed E-state index contributed by atoms with van der Waals surface area (Å²) in [6.45, 7) is 3.21. The van der Waals surface area contributed by atoms with Gasteiger partial charge in [-0.1, -0.05) is 42.0 Å². The SMILES string of the molecule is Cc1ccc(-c2ccc(C(=O)N3CCC(N4C(=O)CNC4=O)CC3)cc2)cc1. The summed E-state index contributed by atoms with van der Waals surface area (Å²) in [4.78, 5) is 39.6. The molecule has 2 heterocycles. The minimum absolute atomic E-state index is 0.00824. The van der Waals surface area contributed by atoms with Crippen LogP contribution in [0.2, 0.25) is 0 Å². The summed E-state index contributed by atoms with van der Waals surface area (Å²) in [5, 5.41) is 2.56. The molecule has 2 saturated heterocycles. The van der Waals surface area contributed by atoms with Crippen LogP contribution in [0, 0.1) is 6.92 Å². The Bertz CT molecular complexity index is 882. The first-order valence-corrected chi connectivity index (χ1v) is 9.59. The zero-order chi connectivity index (χ0) is 19.7. The first-order chi connectivity index (χ1) is 13.5. The Morgan fingerprint density at radius 2 is 1.50 bits per heavy atom. The molecule has 6 heteroatoms. The molecule has 1 N–H and O–H groups in total. The molecule has 0 saturated carbocycles. The van der Waals surface area contributed by atoms with Gasteiger partial charge >= 0.3 is 6.03 Å². The van der Waals surface area contributed by atoms with Gasteiger partial charge in [-0.05, 0) is 43.0 Å². The number of aryl methyl sites for hydroxylation is 1. The van der Waals surface area contributed by atoms with E-state index in [1.165, 1.54) is 10.5 Å². The van der Waals surface area contributed by atoms with Gasteiger partial charge in [-0.2, -0.15) is 0 Å². The van der Waals surface area contributed by atoms with Crippen molar-refractivity contribution >= 4 is 17.8 Å². The molecule has 2 aromatic rings. The van der Waals surface area contributed by atoms with Crippen molar-refractivity contribution in [1.29, 1.82) is 0 Å². The Hall–Kier alpha value is -3.15. The monoisotopic (exact) mass is 377 g/mol. The molecule has 2 aliphatic rings. The smallest absolute Gasteiger partial charge is 0.324 e. The lowest BCUT2D eigenvalue weighted by molar-refractivity contribution is -0.127. The summed E-state index contributed by atoms with van der Waals surface area (Å²) < 4.78 is 0. The topological polar surface area (TPSA) is 69.7 Å². The molecule has 0 bridgehead atoms. The summed E-state index contributed by atoms with van der Waals surface area (Å²) in [7, 11) is 0. The number of rotatable bonds is 3. The van der Waals surface area contributed by atoms with Gasteiger partial charge in [-0.3, -0.25) is 14.5 Å². The van der Waals surface area contributed by atoms with E-state index in [0.717, 1.165) is 11.1 Å². The molecule has 2 aliphatic heterocycles. The predicted octanol–water partition coefficient (Wildman–Crippen LogP) is 2.82. The quantitative estimate of drug-likeness (QED) is 0.837. The van der Waals surface area contributed by atoms with Crippen LogP contribution in [0.15, 0.2) is 48.5 Å². The van der Waals surface area contributed by atoms with Crippen LogP contribution in [0.5, 0.6) is 0 Å². The van der Waals surface area contributed by atoms with Gasteiger partial charge in [0.15, 0.2) is 0 Å². The zero-order valence-corrected chi connectivity index (χ0v) is 15.9. The van der Waals surface area contributed by atoms with Gasteiger partial charge in [-0.25, -0.2) is 4.79 Å². The maximum atomic E-state index is 12.8. The third-order valence-corrected chi connectivity index (χ3v) is 5.51. The Labute approximate surface area is 164 Å². The largest absolute Gasteiger partial charge is 0.338 e. The molecular weight excluding hydrogens is 354 g/mol. The normalized spacial score (nSPS) is 17.8. The highest BCUT2D eigenvalue weighted by molar-refractivity contribution is 6.02. The maximum Gasteiger partial charge on any atom is 0.324 e. The summed E-state index contributed by atoms with van der Waals surface area (Å²) in [5.41, 5.74) is 4.07. The number of carbonyl (C=O) groups is 3. The maximum absolute atomic E-state index is 12.8. The molecule has 28 heavy (non-hydrogen) atoms. The molecule has 6 nitrogen and oxygen atoms in total. The van der Waals surface area contributed by atoms with E-state index in [2.05, 4.69) is 36.5 Å². The van der Waals surface area contributed by atoms with Crippen LogP contribution < -0.4 is 5.32 Å². The van der Waals surface area contributed by atoms with Crippen LogP contribution in [0.1, 0.15) is 28.8 Å². The molecule has 2 aromatic carbocycles. The lowest BCUT2D eigenvalue weighted by Gasteiger charge is -2.35. The molecule has 0 aliphatic carbocycles. The van der Waals surface area contributed by atoms with Gasteiger partial charge in [0.05, 0.1) is 6.54 Å². The van der Waals surface area contributed by atoms with Crippen LogP contribution in [0.25, 0.3) is 11.1 Å². The minimum Gasteiger partial charge on any atom is -0.338 e. The number of likely N-dealkylation sites (tertiary alicyclic amines) is 1. The summed E-state index contributed by atoms with van der Waals surface area (Å²) in [6, 6.07) is 15.5. The van der Waals surface area contributed by atoms with E-state index in [-0.39, 0.29) is 30.4 Å². The van der Waals surface area contributed by atoms with E-state index in [1.54, 1.807) is 4.90 Å². The summed E-state index contributed by atoms with van der Waals surface area (Å²) in [6.07, 6.45) is 1.23. The second-order valence-corrected chi connectivity index (χ2v) is 7.39. The molecule has 2 fully saturated rings. The number of carbonyl (C=O) groups excluding carboxylic acids is 3. The van der Waals surface area contributed by atoms with Crippen molar-refractivity contribution in [2.75, 3.05) is 19.6 Å². The van der Waals surface area contributed by atoms with Gasteiger partial charge in [0.1, 0.15) is 0 Å². The van der Waals surface area contributed by atoms with Crippen molar-refractivity contribution in [3.05, 3.63) is 59.7 Å². The zero-order valence-electron chi connectivity index (χ0n) is 15.9. The number of imide groups is 1. The fourth-order valence-electron chi connectivity index (χ4n) is 3.87. The van der Waals surface area contributed by atoms with Gasteiger partial charge in [0.2, 0.25) is 5.91 Å². The van der Waals surface area contributed by atoms with Crippen molar-refractivity contribution < 1.29 is 14.4 Å². The molecule has 0 atom stereocenters. The number of nitrogens with one attached hydrogen (secondary N) is 1. The molecular formula is C22H23N3O3. The lowest BCUT2D eigenvalue weighted by atomic mass is 10.0. The Morgan fingerprint density at radius 1 is 0.929 bits per heavy atom. The van der Waals surface area contributed by atoms with E-state index in [4.69, 9.17) is 0 Å². The number of hydrogen-bond donors (Lipinski definition) is 1. The number of amides is 4. The number of benzene rings is 2. The fraction of sp³-hybridized carbons (Fsp3) is 0.318. The van der Waals surface area contributed by atoms with Crippen LogP contribution in [0.4, 0.5) is 4.79 Å². The van der Waals surface area contributed by atoms with Crippen LogP contribution in [-0.2, 0) is 4.79 Å². The predicted molar refractivity (Wildman–Crippen MR) is 106 cm³/mol. The Balaban J connectivity index is 1.39. The van der Waals surface area contributed by atoms with Gasteiger partial charge in [0, 0.05) is 24.7 Å². The molecule has 144 valence electrons. The average molecular weight is 377 g/mol. The number of nitrogens with zero attached hydrogens (tertiary/aromatic N) is 2. The first-order valence-electron chi connectivity index (χ1n) is 9.59. The van der Waals surface area contributed by atoms with E-state index in [9.17, 15) is 14.4 Å². The molecule has 0 unspecified atom stereocenters. The minimum atomic E-state index is -0.318. The van der Waals surface area contributed by atoms with E-state index < -0.39 is 0 Å². The highest BCUT2D eigenvalue weighted by Crippen LogP contribution is 2.23.